The Morgan fingerprint density at radius 2 is 1.84 bits per heavy atom. The Labute approximate surface area is 214 Å². The van der Waals surface area contributed by atoms with E-state index in [0.717, 1.165) is 11.3 Å². The molecule has 1 atom stereocenters. The van der Waals surface area contributed by atoms with E-state index in [1.54, 1.807) is 18.2 Å². The summed E-state index contributed by atoms with van der Waals surface area (Å²) in [6.45, 7) is 4.96. The van der Waals surface area contributed by atoms with Crippen LogP contribution in [0, 0.1) is 6.92 Å². The maximum absolute atomic E-state index is 13.3. The van der Waals surface area contributed by atoms with Crippen molar-refractivity contribution in [3.8, 4) is 0 Å². The molecule has 2 aromatic heterocycles. The number of rotatable bonds is 7. The molecule has 0 spiro atoms. The van der Waals surface area contributed by atoms with E-state index in [0.29, 0.717) is 25.0 Å². The number of nitrogens with zero attached hydrogens (tertiary/aromatic N) is 5. The summed E-state index contributed by atoms with van der Waals surface area (Å²) >= 11 is 0.756. The highest BCUT2D eigenvalue weighted by Gasteiger charge is 2.36. The number of amides is 1. The van der Waals surface area contributed by atoms with Gasteiger partial charge in [-0.1, -0.05) is 23.5 Å². The first kappa shape index (κ1) is 27.0. The molecule has 1 amide bonds. The van der Waals surface area contributed by atoms with Crippen molar-refractivity contribution < 1.29 is 31.5 Å². The largest absolute Gasteiger partial charge is 0.465 e. The second-order valence-corrected chi connectivity index (χ2v) is 11.6. The molecule has 1 aromatic carbocycles. The number of para-hydroxylation sites is 1. The highest BCUT2D eigenvalue weighted by molar-refractivity contribution is 7.91. The Kier molecular flexibility index (Phi) is 7.55. The number of aromatic nitrogens is 3. The molecule has 37 heavy (non-hydrogen) atoms. The van der Waals surface area contributed by atoms with Crippen LogP contribution in [0.5, 0.6) is 0 Å². The van der Waals surface area contributed by atoms with E-state index >= 15 is 0 Å². The van der Waals surface area contributed by atoms with Gasteiger partial charge in [0.15, 0.2) is 9.34 Å². The van der Waals surface area contributed by atoms with E-state index in [1.165, 1.54) is 17.3 Å². The van der Waals surface area contributed by atoms with E-state index in [-0.39, 0.29) is 45.5 Å². The summed E-state index contributed by atoms with van der Waals surface area (Å²) in [6, 6.07) is 6.14. The smallest absolute Gasteiger partial charge is 0.451 e. The summed E-state index contributed by atoms with van der Waals surface area (Å²) in [5.74, 6) is -1.14. The molecule has 0 radical (unpaired) electrons. The molecule has 4 rings (SSSR count). The van der Waals surface area contributed by atoms with Crippen LogP contribution in [0.4, 0.5) is 28.9 Å². The van der Waals surface area contributed by atoms with Gasteiger partial charge in [-0.15, -0.1) is 0 Å². The highest BCUT2D eigenvalue weighted by Crippen LogP contribution is 2.32. The molecule has 3 N–H and O–H groups in total. The molecular formula is C21H24F3N7O4S2. The molecule has 1 saturated heterocycles. The summed E-state index contributed by atoms with van der Waals surface area (Å²) in [5.41, 5.74) is 0.391. The zero-order valence-corrected chi connectivity index (χ0v) is 21.4. The summed E-state index contributed by atoms with van der Waals surface area (Å²) in [4.78, 5) is 24.1. The van der Waals surface area contributed by atoms with Crippen molar-refractivity contribution in [3.63, 3.8) is 0 Å². The zero-order valence-electron chi connectivity index (χ0n) is 19.8. The number of thiazole rings is 1. The minimum absolute atomic E-state index is 0.0177. The second-order valence-electron chi connectivity index (χ2n) is 8.48. The van der Waals surface area contributed by atoms with Gasteiger partial charge < -0.3 is 10.4 Å². The fraction of sp³-hybridized carbons (Fsp3) is 0.429. The molecule has 1 aliphatic rings. The average Bonchev–Trinajstić information content (AvgIpc) is 3.18. The predicted molar refractivity (Wildman–Crippen MR) is 131 cm³/mol. The first-order valence-electron chi connectivity index (χ1n) is 11.1. The number of anilines is 2. The number of piperazine rings is 1. The normalized spacial score (nSPS) is 16.6. The van der Waals surface area contributed by atoms with Crippen molar-refractivity contribution in [3.05, 3.63) is 35.8 Å². The van der Waals surface area contributed by atoms with Crippen LogP contribution >= 0.6 is 11.3 Å². The lowest BCUT2D eigenvalue weighted by atomic mass is 10.2. The maximum Gasteiger partial charge on any atom is 0.451 e. The standard InChI is InChI=1S/C21H24F3N7O4S2/c1-12(25-16-14-5-3-4-6-15(14)27-18(28-16)21(22,23)24)11-30-7-9-31(10-8-30)37(34,35)17-13(2)26-19(36-17)29-20(32)33/h3-6,12H,7-11H2,1-2H3,(H,26,29)(H,32,33)(H,25,27,28). The topological polar surface area (TPSA) is 141 Å². The van der Waals surface area contributed by atoms with Gasteiger partial charge >= 0.3 is 12.3 Å². The first-order valence-corrected chi connectivity index (χ1v) is 13.4. The van der Waals surface area contributed by atoms with Crippen LogP contribution in [0.2, 0.25) is 0 Å². The van der Waals surface area contributed by atoms with E-state index < -0.39 is 28.1 Å². The van der Waals surface area contributed by atoms with Crippen molar-refractivity contribution in [1.82, 2.24) is 24.2 Å². The summed E-state index contributed by atoms with van der Waals surface area (Å²) in [7, 11) is -3.86. The molecule has 0 aliphatic carbocycles. The lowest BCUT2D eigenvalue weighted by Crippen LogP contribution is -2.50. The quantitative estimate of drug-likeness (QED) is 0.398. The lowest BCUT2D eigenvalue weighted by Gasteiger charge is -2.35. The van der Waals surface area contributed by atoms with Gasteiger partial charge in [0.25, 0.3) is 10.0 Å². The fourth-order valence-corrected chi connectivity index (χ4v) is 6.98. The second kappa shape index (κ2) is 10.4. The van der Waals surface area contributed by atoms with Crippen molar-refractivity contribution >= 4 is 49.3 Å². The first-order chi connectivity index (χ1) is 17.3. The van der Waals surface area contributed by atoms with E-state index in [2.05, 4.69) is 25.6 Å². The fourth-order valence-electron chi connectivity index (χ4n) is 4.02. The van der Waals surface area contributed by atoms with Gasteiger partial charge in [-0.25, -0.2) is 28.2 Å². The van der Waals surface area contributed by atoms with Crippen LogP contribution in [0.25, 0.3) is 10.9 Å². The molecule has 11 nitrogen and oxygen atoms in total. The predicted octanol–water partition coefficient (Wildman–Crippen LogP) is 3.31. The van der Waals surface area contributed by atoms with Gasteiger partial charge in [-0.3, -0.25) is 10.2 Å². The summed E-state index contributed by atoms with van der Waals surface area (Å²) in [5, 5.41) is 14.4. The molecule has 200 valence electrons. The Morgan fingerprint density at radius 3 is 2.49 bits per heavy atom. The number of fused-ring (bicyclic) bond motifs is 1. The number of sulfonamides is 1. The van der Waals surface area contributed by atoms with Crippen LogP contribution in [0.1, 0.15) is 18.4 Å². The average molecular weight is 560 g/mol. The third-order valence-electron chi connectivity index (χ3n) is 5.65. The Hall–Kier alpha value is -3.08. The van der Waals surface area contributed by atoms with Gasteiger partial charge in [-0.2, -0.15) is 17.5 Å². The molecule has 1 aliphatic heterocycles. The van der Waals surface area contributed by atoms with Crippen molar-refractivity contribution in [2.75, 3.05) is 43.4 Å². The summed E-state index contributed by atoms with van der Waals surface area (Å²) < 4.78 is 67.4. The van der Waals surface area contributed by atoms with Crippen molar-refractivity contribution in [2.45, 2.75) is 30.3 Å². The molecule has 16 heteroatoms. The van der Waals surface area contributed by atoms with Crippen molar-refractivity contribution in [1.29, 1.82) is 0 Å². The van der Waals surface area contributed by atoms with Gasteiger partial charge in [-0.05, 0) is 26.0 Å². The maximum atomic E-state index is 13.3. The lowest BCUT2D eigenvalue weighted by molar-refractivity contribution is -0.144. The minimum Gasteiger partial charge on any atom is -0.465 e. The third kappa shape index (κ3) is 6.08. The van der Waals surface area contributed by atoms with Gasteiger partial charge in [0.1, 0.15) is 5.82 Å². The number of hydrogen-bond donors (Lipinski definition) is 3. The molecule has 0 saturated carbocycles. The number of carbonyl (C=O) groups is 1. The van der Waals surface area contributed by atoms with Crippen LogP contribution in [-0.2, 0) is 16.2 Å². The van der Waals surface area contributed by atoms with Gasteiger partial charge in [0, 0.05) is 44.2 Å². The highest BCUT2D eigenvalue weighted by atomic mass is 32.2. The summed E-state index contributed by atoms with van der Waals surface area (Å²) in [6.07, 6.45) is -6.02. The SMILES string of the molecule is Cc1nc(NC(=O)O)sc1S(=O)(=O)N1CCN(CC(C)Nc2nc(C(F)(F)F)nc3ccccc23)CC1. The van der Waals surface area contributed by atoms with Crippen LogP contribution in [0.15, 0.2) is 28.5 Å². The molecule has 3 heterocycles. The third-order valence-corrected chi connectivity index (χ3v) is 9.20. The van der Waals surface area contributed by atoms with Crippen LogP contribution < -0.4 is 10.6 Å². The number of benzene rings is 1. The number of carboxylic acid groups (broad SMARTS) is 1. The van der Waals surface area contributed by atoms with Crippen LogP contribution in [0.3, 0.4) is 0 Å². The molecule has 1 unspecified atom stereocenters. The number of nitrogens with one attached hydrogen (secondary N) is 2. The Bertz CT molecular complexity index is 1410. The molecular weight excluding hydrogens is 535 g/mol. The van der Waals surface area contributed by atoms with Gasteiger partial charge in [0.05, 0.1) is 11.2 Å². The zero-order chi connectivity index (χ0) is 27.0. The number of hydrogen-bond acceptors (Lipinski definition) is 9. The number of alkyl halides is 3. The van der Waals surface area contributed by atoms with E-state index in [1.807, 2.05) is 11.8 Å². The monoisotopic (exact) mass is 559 g/mol. The molecule has 1 fully saturated rings. The molecule has 3 aromatic rings. The van der Waals surface area contributed by atoms with E-state index in [4.69, 9.17) is 5.11 Å². The van der Waals surface area contributed by atoms with Crippen molar-refractivity contribution in [2.24, 2.45) is 0 Å². The van der Waals surface area contributed by atoms with E-state index in [9.17, 15) is 26.4 Å². The number of halogens is 3. The van der Waals surface area contributed by atoms with Gasteiger partial charge in [0.2, 0.25) is 5.82 Å². The van der Waals surface area contributed by atoms with Crippen LogP contribution in [-0.4, -0.2) is 82.5 Å². The molecule has 0 bridgehead atoms. The number of aryl methyl sites for hydroxylation is 1. The Morgan fingerprint density at radius 1 is 1.16 bits per heavy atom. The minimum atomic E-state index is -4.69. The Balaban J connectivity index is 1.40.